The zero-order valence-electron chi connectivity index (χ0n) is 12.9. The van der Waals surface area contributed by atoms with Crippen LogP contribution in [0.25, 0.3) is 0 Å². The van der Waals surface area contributed by atoms with Gasteiger partial charge in [-0.15, -0.1) is 0 Å². The van der Waals surface area contributed by atoms with Crippen LogP contribution in [0.2, 0.25) is 0 Å². The molecule has 21 heavy (non-hydrogen) atoms. The van der Waals surface area contributed by atoms with Crippen molar-refractivity contribution in [2.24, 2.45) is 0 Å². The molecule has 0 radical (unpaired) electrons. The Labute approximate surface area is 126 Å². The highest BCUT2D eigenvalue weighted by molar-refractivity contribution is 5.77. The lowest BCUT2D eigenvalue weighted by atomic mass is 10.0. The number of benzene rings is 1. The number of piperidine rings is 1. The molecule has 5 heteroatoms. The number of aromatic hydroxyl groups is 1. The number of hydrogen-bond donors (Lipinski definition) is 2. The van der Waals surface area contributed by atoms with Crippen molar-refractivity contribution in [1.29, 1.82) is 0 Å². The minimum atomic E-state index is 0.163. The molecular formula is C16H25N3O2. The number of likely N-dealkylation sites (N-methyl/N-ethyl adjacent to an activating group) is 1. The molecule has 1 aliphatic rings. The molecule has 1 aliphatic heterocycles. The van der Waals surface area contributed by atoms with Gasteiger partial charge in [0.15, 0.2) is 0 Å². The second-order valence-corrected chi connectivity index (χ2v) is 5.85. The Morgan fingerprint density at radius 1 is 1.33 bits per heavy atom. The van der Waals surface area contributed by atoms with Gasteiger partial charge in [0, 0.05) is 45.3 Å². The van der Waals surface area contributed by atoms with Gasteiger partial charge in [0.05, 0.1) is 6.54 Å². The van der Waals surface area contributed by atoms with E-state index < -0.39 is 0 Å². The van der Waals surface area contributed by atoms with Crippen molar-refractivity contribution < 1.29 is 9.90 Å². The van der Waals surface area contributed by atoms with E-state index >= 15 is 0 Å². The highest BCUT2D eigenvalue weighted by Gasteiger charge is 2.21. The van der Waals surface area contributed by atoms with Gasteiger partial charge < -0.3 is 15.3 Å². The number of phenolic OH excluding ortho intramolecular Hbond substituents is 1. The number of nitrogens with zero attached hydrogens (tertiary/aromatic N) is 2. The number of rotatable bonds is 5. The Morgan fingerprint density at radius 3 is 2.62 bits per heavy atom. The zero-order valence-corrected chi connectivity index (χ0v) is 12.9. The molecule has 116 valence electrons. The molecule has 5 nitrogen and oxygen atoms in total. The summed E-state index contributed by atoms with van der Waals surface area (Å²) in [6, 6.07) is 7.88. The van der Waals surface area contributed by atoms with Crippen LogP contribution in [0.3, 0.4) is 0 Å². The van der Waals surface area contributed by atoms with Crippen molar-refractivity contribution in [2.45, 2.75) is 25.4 Å². The van der Waals surface area contributed by atoms with Crippen LogP contribution < -0.4 is 5.32 Å². The highest BCUT2D eigenvalue weighted by Crippen LogP contribution is 2.17. The van der Waals surface area contributed by atoms with Crippen molar-refractivity contribution in [3.8, 4) is 5.75 Å². The van der Waals surface area contributed by atoms with E-state index in [0.29, 0.717) is 24.9 Å². The van der Waals surface area contributed by atoms with Gasteiger partial charge in [-0.3, -0.25) is 9.69 Å². The summed E-state index contributed by atoms with van der Waals surface area (Å²) in [5.41, 5.74) is 0.933. The summed E-state index contributed by atoms with van der Waals surface area (Å²) in [6.45, 7) is 3.09. The summed E-state index contributed by atoms with van der Waals surface area (Å²) in [6.07, 6.45) is 2.07. The minimum absolute atomic E-state index is 0.163. The number of para-hydroxylation sites is 1. The molecule has 1 heterocycles. The number of likely N-dealkylation sites (tertiary alicyclic amines) is 1. The first-order valence-electron chi connectivity index (χ1n) is 7.49. The lowest BCUT2D eigenvalue weighted by Gasteiger charge is -2.32. The van der Waals surface area contributed by atoms with E-state index in [9.17, 15) is 9.90 Å². The van der Waals surface area contributed by atoms with Crippen LogP contribution in [0.15, 0.2) is 24.3 Å². The molecule has 1 fully saturated rings. The second kappa shape index (κ2) is 7.43. The SMILES string of the molecule is CN(C)C(=O)CN1CCC(NCc2ccccc2O)CC1. The van der Waals surface area contributed by atoms with Gasteiger partial charge in [-0.05, 0) is 18.9 Å². The molecule has 1 saturated heterocycles. The van der Waals surface area contributed by atoms with Crippen molar-refractivity contribution in [3.05, 3.63) is 29.8 Å². The highest BCUT2D eigenvalue weighted by atomic mass is 16.3. The van der Waals surface area contributed by atoms with Crippen molar-refractivity contribution in [2.75, 3.05) is 33.7 Å². The summed E-state index contributed by atoms with van der Waals surface area (Å²) >= 11 is 0. The van der Waals surface area contributed by atoms with Gasteiger partial charge in [-0.25, -0.2) is 0 Å². The summed E-state index contributed by atoms with van der Waals surface area (Å²) in [5.74, 6) is 0.509. The topological polar surface area (TPSA) is 55.8 Å². The van der Waals surface area contributed by atoms with E-state index in [1.54, 1.807) is 25.1 Å². The molecular weight excluding hydrogens is 266 g/mol. The van der Waals surface area contributed by atoms with E-state index in [4.69, 9.17) is 0 Å². The molecule has 0 spiro atoms. The Morgan fingerprint density at radius 2 is 2.00 bits per heavy atom. The Balaban J connectivity index is 1.72. The smallest absolute Gasteiger partial charge is 0.236 e. The zero-order chi connectivity index (χ0) is 15.2. The molecule has 0 bridgehead atoms. The molecule has 0 aromatic heterocycles. The predicted octanol–water partition coefficient (Wildman–Crippen LogP) is 1.03. The molecule has 1 amide bonds. The normalized spacial score (nSPS) is 16.9. The van der Waals surface area contributed by atoms with Crippen LogP contribution in [-0.4, -0.2) is 60.6 Å². The first kappa shape index (κ1) is 15.8. The van der Waals surface area contributed by atoms with Crippen LogP contribution in [0.5, 0.6) is 5.75 Å². The number of hydrogen-bond acceptors (Lipinski definition) is 4. The van der Waals surface area contributed by atoms with Crippen LogP contribution in [0.1, 0.15) is 18.4 Å². The maximum atomic E-state index is 11.7. The molecule has 1 aromatic rings. The molecule has 2 N–H and O–H groups in total. The first-order valence-corrected chi connectivity index (χ1v) is 7.49. The third-order valence-corrected chi connectivity index (χ3v) is 4.02. The van der Waals surface area contributed by atoms with Crippen molar-refractivity contribution in [3.63, 3.8) is 0 Å². The number of phenols is 1. The van der Waals surface area contributed by atoms with E-state index in [1.807, 2.05) is 18.2 Å². The Bertz CT molecular complexity index is 468. The van der Waals surface area contributed by atoms with Crippen molar-refractivity contribution in [1.82, 2.24) is 15.1 Å². The molecule has 1 aromatic carbocycles. The fraction of sp³-hybridized carbons (Fsp3) is 0.562. The average Bonchev–Trinajstić information content (AvgIpc) is 2.48. The Hall–Kier alpha value is -1.59. The van der Waals surface area contributed by atoms with E-state index in [2.05, 4.69) is 10.2 Å². The first-order chi connectivity index (χ1) is 10.1. The van der Waals surface area contributed by atoms with Crippen LogP contribution in [-0.2, 0) is 11.3 Å². The third kappa shape index (κ3) is 4.72. The van der Waals surface area contributed by atoms with Gasteiger partial charge in [0.2, 0.25) is 5.91 Å². The summed E-state index contributed by atoms with van der Waals surface area (Å²) in [5, 5.41) is 13.2. The van der Waals surface area contributed by atoms with Gasteiger partial charge in [-0.1, -0.05) is 18.2 Å². The third-order valence-electron chi connectivity index (χ3n) is 4.02. The van der Waals surface area contributed by atoms with Crippen LogP contribution in [0, 0.1) is 0 Å². The molecule has 0 aliphatic carbocycles. The maximum Gasteiger partial charge on any atom is 0.236 e. The second-order valence-electron chi connectivity index (χ2n) is 5.85. The summed E-state index contributed by atoms with van der Waals surface area (Å²) in [7, 11) is 3.59. The lowest BCUT2D eigenvalue weighted by molar-refractivity contribution is -0.130. The van der Waals surface area contributed by atoms with Gasteiger partial charge >= 0.3 is 0 Å². The monoisotopic (exact) mass is 291 g/mol. The van der Waals surface area contributed by atoms with Crippen LogP contribution in [0.4, 0.5) is 0 Å². The molecule has 2 rings (SSSR count). The van der Waals surface area contributed by atoms with Gasteiger partial charge in [0.25, 0.3) is 0 Å². The minimum Gasteiger partial charge on any atom is -0.508 e. The predicted molar refractivity (Wildman–Crippen MR) is 83.1 cm³/mol. The fourth-order valence-corrected chi connectivity index (χ4v) is 2.54. The van der Waals surface area contributed by atoms with E-state index in [1.165, 1.54) is 0 Å². The van der Waals surface area contributed by atoms with E-state index in [-0.39, 0.29) is 5.91 Å². The average molecular weight is 291 g/mol. The van der Waals surface area contributed by atoms with Gasteiger partial charge in [-0.2, -0.15) is 0 Å². The van der Waals surface area contributed by atoms with Crippen molar-refractivity contribution >= 4 is 5.91 Å². The standard InChI is InChI=1S/C16H25N3O2/c1-18(2)16(21)12-19-9-7-14(8-10-19)17-11-13-5-3-4-6-15(13)20/h3-6,14,17,20H,7-12H2,1-2H3. The molecule has 0 saturated carbocycles. The summed E-state index contributed by atoms with van der Waals surface area (Å²) < 4.78 is 0. The number of carbonyl (C=O) groups is 1. The van der Waals surface area contributed by atoms with Gasteiger partial charge in [0.1, 0.15) is 5.75 Å². The number of amides is 1. The largest absolute Gasteiger partial charge is 0.508 e. The Kier molecular flexibility index (Phi) is 5.59. The number of nitrogens with one attached hydrogen (secondary N) is 1. The molecule has 0 unspecified atom stereocenters. The fourth-order valence-electron chi connectivity index (χ4n) is 2.54. The van der Waals surface area contributed by atoms with E-state index in [0.717, 1.165) is 31.5 Å². The van der Waals surface area contributed by atoms with Crippen LogP contribution >= 0.6 is 0 Å². The summed E-state index contributed by atoms with van der Waals surface area (Å²) in [4.78, 5) is 15.5. The molecule has 0 atom stereocenters. The maximum absolute atomic E-state index is 11.7. The quantitative estimate of drug-likeness (QED) is 0.851. The number of carbonyl (C=O) groups excluding carboxylic acids is 1. The lowest BCUT2D eigenvalue weighted by Crippen LogP contribution is -2.45.